The van der Waals surface area contributed by atoms with Crippen molar-refractivity contribution in [3.63, 3.8) is 0 Å². The third kappa shape index (κ3) is 3.61. The molecule has 2 atom stereocenters. The molecule has 2 heterocycles. The van der Waals surface area contributed by atoms with Crippen LogP contribution < -0.4 is 0 Å². The van der Waals surface area contributed by atoms with E-state index in [4.69, 9.17) is 0 Å². The fraction of sp³-hybridized carbons (Fsp3) is 0.304. The van der Waals surface area contributed by atoms with Gasteiger partial charge in [0.05, 0.1) is 6.10 Å². The van der Waals surface area contributed by atoms with Gasteiger partial charge < -0.3 is 5.11 Å². The van der Waals surface area contributed by atoms with Crippen LogP contribution in [0.25, 0.3) is 10.1 Å². The van der Waals surface area contributed by atoms with Gasteiger partial charge in [0.15, 0.2) is 0 Å². The van der Waals surface area contributed by atoms with Gasteiger partial charge in [-0.3, -0.25) is 4.90 Å². The quantitative estimate of drug-likeness (QED) is 0.630. The van der Waals surface area contributed by atoms with Gasteiger partial charge in [-0.05, 0) is 42.2 Å². The van der Waals surface area contributed by atoms with Gasteiger partial charge in [0.2, 0.25) is 0 Å². The van der Waals surface area contributed by atoms with E-state index >= 15 is 0 Å². The number of hydrogen-bond acceptors (Lipinski definition) is 3. The summed E-state index contributed by atoms with van der Waals surface area (Å²) in [6, 6.07) is 19.1. The number of benzene rings is 2. The standard InChI is InChI=1S/C23H25NOS/c1-17(23(25)21-16-26-22-10-6-5-9-20(21)22)24-13-11-19(12-14-24)15-18-7-3-2-4-8-18/h2-11,16-17,23,25H,12-15H2,1H3/t17-,23+/m0/s1. The Morgan fingerprint density at radius 1 is 1.08 bits per heavy atom. The molecule has 134 valence electrons. The molecule has 1 aliphatic heterocycles. The van der Waals surface area contributed by atoms with Crippen molar-refractivity contribution in [3.8, 4) is 0 Å². The maximum Gasteiger partial charge on any atom is 0.0956 e. The minimum atomic E-state index is -0.449. The van der Waals surface area contributed by atoms with Crippen LogP contribution in [0.15, 0.2) is 71.6 Å². The van der Waals surface area contributed by atoms with Crippen LogP contribution in [0.1, 0.15) is 30.6 Å². The molecule has 0 aliphatic carbocycles. The number of rotatable bonds is 5. The van der Waals surface area contributed by atoms with Gasteiger partial charge in [-0.2, -0.15) is 0 Å². The van der Waals surface area contributed by atoms with Gasteiger partial charge in [-0.15, -0.1) is 11.3 Å². The topological polar surface area (TPSA) is 23.5 Å². The second kappa shape index (κ2) is 7.75. The fourth-order valence-electron chi connectivity index (χ4n) is 3.80. The van der Waals surface area contributed by atoms with Crippen molar-refractivity contribution < 1.29 is 5.11 Å². The Morgan fingerprint density at radius 3 is 2.62 bits per heavy atom. The molecule has 0 saturated carbocycles. The van der Waals surface area contributed by atoms with Crippen LogP contribution >= 0.6 is 11.3 Å². The summed E-state index contributed by atoms with van der Waals surface area (Å²) in [4.78, 5) is 2.39. The third-order valence-corrected chi connectivity index (χ3v) is 6.45. The van der Waals surface area contributed by atoms with Gasteiger partial charge in [0.1, 0.15) is 0 Å². The molecule has 1 N–H and O–H groups in total. The van der Waals surface area contributed by atoms with E-state index in [-0.39, 0.29) is 6.04 Å². The van der Waals surface area contributed by atoms with E-state index < -0.39 is 6.10 Å². The molecule has 0 saturated heterocycles. The summed E-state index contributed by atoms with van der Waals surface area (Å²) in [6.07, 6.45) is 4.03. The molecular weight excluding hydrogens is 338 g/mol. The highest BCUT2D eigenvalue weighted by Gasteiger charge is 2.26. The Hall–Kier alpha value is -1.94. The lowest BCUT2D eigenvalue weighted by atomic mass is 9.96. The van der Waals surface area contributed by atoms with Crippen molar-refractivity contribution in [1.82, 2.24) is 4.90 Å². The molecular formula is C23H25NOS. The van der Waals surface area contributed by atoms with Crippen LogP contribution in [0.3, 0.4) is 0 Å². The molecule has 0 amide bonds. The first kappa shape index (κ1) is 17.5. The summed E-state index contributed by atoms with van der Waals surface area (Å²) in [6.45, 7) is 4.08. The Kier molecular flexibility index (Phi) is 5.21. The molecule has 2 nitrogen and oxygen atoms in total. The third-order valence-electron chi connectivity index (χ3n) is 5.47. The largest absolute Gasteiger partial charge is 0.387 e. The van der Waals surface area contributed by atoms with E-state index in [1.807, 2.05) is 0 Å². The summed E-state index contributed by atoms with van der Waals surface area (Å²) >= 11 is 1.72. The van der Waals surface area contributed by atoms with Crippen molar-refractivity contribution in [2.45, 2.75) is 31.9 Å². The average molecular weight is 364 g/mol. The van der Waals surface area contributed by atoms with Gasteiger partial charge >= 0.3 is 0 Å². The number of nitrogens with zero attached hydrogens (tertiary/aromatic N) is 1. The molecule has 1 aromatic heterocycles. The smallest absolute Gasteiger partial charge is 0.0956 e. The minimum absolute atomic E-state index is 0.113. The molecule has 3 aromatic rings. The summed E-state index contributed by atoms with van der Waals surface area (Å²) < 4.78 is 1.25. The lowest BCUT2D eigenvalue weighted by molar-refractivity contribution is 0.0635. The lowest BCUT2D eigenvalue weighted by Crippen LogP contribution is -2.40. The highest BCUT2D eigenvalue weighted by atomic mass is 32.1. The van der Waals surface area contributed by atoms with Crippen molar-refractivity contribution in [2.24, 2.45) is 0 Å². The van der Waals surface area contributed by atoms with Crippen molar-refractivity contribution in [3.05, 3.63) is 82.8 Å². The van der Waals surface area contributed by atoms with E-state index in [1.165, 1.54) is 21.2 Å². The molecule has 0 spiro atoms. The molecule has 1 aliphatic rings. The zero-order chi connectivity index (χ0) is 17.9. The highest BCUT2D eigenvalue weighted by Crippen LogP contribution is 2.33. The normalized spacial score (nSPS) is 17.8. The van der Waals surface area contributed by atoms with E-state index in [2.05, 4.69) is 77.9 Å². The lowest BCUT2D eigenvalue weighted by Gasteiger charge is -2.34. The SMILES string of the molecule is C[C@@H]([C@@H](O)c1csc2ccccc12)N1CC=C(Cc2ccccc2)CC1. The summed E-state index contributed by atoms with van der Waals surface area (Å²) in [5.41, 5.74) is 3.96. The first-order valence-corrected chi connectivity index (χ1v) is 10.2. The zero-order valence-electron chi connectivity index (χ0n) is 15.1. The Labute approximate surface area is 159 Å². The minimum Gasteiger partial charge on any atom is -0.387 e. The number of thiophene rings is 1. The molecule has 4 rings (SSSR count). The molecule has 0 radical (unpaired) electrons. The van der Waals surface area contributed by atoms with E-state index in [1.54, 1.807) is 11.3 Å². The van der Waals surface area contributed by atoms with Crippen LogP contribution in [0.2, 0.25) is 0 Å². The van der Waals surface area contributed by atoms with Gasteiger partial charge in [-0.25, -0.2) is 0 Å². The van der Waals surface area contributed by atoms with Crippen molar-refractivity contribution >= 4 is 21.4 Å². The molecule has 3 heteroatoms. The maximum atomic E-state index is 11.0. The molecule has 26 heavy (non-hydrogen) atoms. The molecule has 0 bridgehead atoms. The Morgan fingerprint density at radius 2 is 1.85 bits per heavy atom. The average Bonchev–Trinajstić information content (AvgIpc) is 3.12. The van der Waals surface area contributed by atoms with Crippen LogP contribution in [0.5, 0.6) is 0 Å². The van der Waals surface area contributed by atoms with Crippen LogP contribution in [-0.4, -0.2) is 29.1 Å². The number of fused-ring (bicyclic) bond motifs is 1. The van der Waals surface area contributed by atoms with E-state index in [0.29, 0.717) is 0 Å². The Bertz CT molecular complexity index is 899. The fourth-order valence-corrected chi connectivity index (χ4v) is 4.79. The second-order valence-electron chi connectivity index (χ2n) is 7.14. The van der Waals surface area contributed by atoms with Gasteiger partial charge in [0, 0.05) is 29.4 Å². The van der Waals surface area contributed by atoms with Crippen molar-refractivity contribution in [1.29, 1.82) is 0 Å². The first-order valence-electron chi connectivity index (χ1n) is 9.32. The molecule has 0 unspecified atom stereocenters. The molecule has 0 fully saturated rings. The number of hydrogen-bond donors (Lipinski definition) is 1. The zero-order valence-corrected chi connectivity index (χ0v) is 16.0. The number of aliphatic hydroxyl groups is 1. The predicted molar refractivity (Wildman–Crippen MR) is 111 cm³/mol. The van der Waals surface area contributed by atoms with E-state index in [0.717, 1.165) is 31.5 Å². The summed E-state index contributed by atoms with van der Waals surface area (Å²) in [5, 5.41) is 14.3. The van der Waals surface area contributed by atoms with Crippen LogP contribution in [0, 0.1) is 0 Å². The number of aliphatic hydroxyl groups excluding tert-OH is 1. The predicted octanol–water partition coefficient (Wildman–Crippen LogP) is 5.20. The van der Waals surface area contributed by atoms with E-state index in [9.17, 15) is 5.11 Å². The second-order valence-corrected chi connectivity index (χ2v) is 8.05. The van der Waals surface area contributed by atoms with Gasteiger partial charge in [-0.1, -0.05) is 60.2 Å². The summed E-state index contributed by atoms with van der Waals surface area (Å²) in [7, 11) is 0. The monoisotopic (exact) mass is 363 g/mol. The first-order chi connectivity index (χ1) is 12.7. The van der Waals surface area contributed by atoms with Crippen molar-refractivity contribution in [2.75, 3.05) is 13.1 Å². The Balaban J connectivity index is 1.43. The van der Waals surface area contributed by atoms with Crippen LogP contribution in [0.4, 0.5) is 0 Å². The molecule has 2 aromatic carbocycles. The maximum absolute atomic E-state index is 11.0. The summed E-state index contributed by atoms with van der Waals surface area (Å²) in [5.74, 6) is 0. The van der Waals surface area contributed by atoms with Gasteiger partial charge in [0.25, 0.3) is 0 Å². The van der Waals surface area contributed by atoms with Crippen LogP contribution in [-0.2, 0) is 6.42 Å². The highest BCUT2D eigenvalue weighted by molar-refractivity contribution is 7.17.